The summed E-state index contributed by atoms with van der Waals surface area (Å²) in [5.74, 6) is -1.31. The summed E-state index contributed by atoms with van der Waals surface area (Å²) in [6.07, 6.45) is 0. The third-order valence-electron chi connectivity index (χ3n) is 3.30. The molecular formula is C15H24FN3O2. The predicted octanol–water partition coefficient (Wildman–Crippen LogP) is 2.00. The minimum atomic E-state index is -0.705. The first-order valence-corrected chi connectivity index (χ1v) is 7.01. The zero-order valence-electron chi connectivity index (χ0n) is 13.0. The zero-order valence-corrected chi connectivity index (χ0v) is 13.0. The molecule has 0 atom stereocenters. The third kappa shape index (κ3) is 4.60. The fourth-order valence-electron chi connectivity index (χ4n) is 2.27. The molecule has 118 valence electrons. The van der Waals surface area contributed by atoms with Crippen molar-refractivity contribution in [2.24, 2.45) is 5.73 Å². The van der Waals surface area contributed by atoms with Gasteiger partial charge in [-0.2, -0.15) is 0 Å². The second-order valence-corrected chi connectivity index (χ2v) is 5.51. The van der Waals surface area contributed by atoms with Crippen LogP contribution in [0.15, 0.2) is 12.1 Å². The molecule has 0 fully saturated rings. The molecule has 0 aliphatic carbocycles. The van der Waals surface area contributed by atoms with Crippen molar-refractivity contribution in [2.75, 3.05) is 18.9 Å². The highest BCUT2D eigenvalue weighted by Crippen LogP contribution is 2.24. The van der Waals surface area contributed by atoms with Gasteiger partial charge >= 0.3 is 0 Å². The summed E-state index contributed by atoms with van der Waals surface area (Å²) in [6.45, 7) is 9.34. The monoisotopic (exact) mass is 297 g/mol. The number of carbonyl (C=O) groups excluding carboxylic acids is 1. The van der Waals surface area contributed by atoms with Crippen LogP contribution in [0.25, 0.3) is 0 Å². The number of hydrogen-bond donors (Lipinski definition) is 2. The summed E-state index contributed by atoms with van der Waals surface area (Å²) in [6, 6.07) is 3.04. The van der Waals surface area contributed by atoms with Crippen molar-refractivity contribution in [3.63, 3.8) is 0 Å². The first-order chi connectivity index (χ1) is 9.73. The van der Waals surface area contributed by atoms with Crippen molar-refractivity contribution in [3.8, 4) is 5.75 Å². The molecule has 1 rings (SSSR count). The maximum Gasteiger partial charge on any atom is 0.250 e. The highest BCUT2D eigenvalue weighted by atomic mass is 19.1. The number of nitrogens with two attached hydrogens (primary N) is 2. The molecule has 0 bridgehead atoms. The molecule has 0 aliphatic rings. The van der Waals surface area contributed by atoms with E-state index in [2.05, 4.69) is 32.6 Å². The zero-order chi connectivity index (χ0) is 16.2. The van der Waals surface area contributed by atoms with Gasteiger partial charge in [0.05, 0.1) is 5.56 Å². The van der Waals surface area contributed by atoms with Gasteiger partial charge in [0.15, 0.2) is 11.6 Å². The van der Waals surface area contributed by atoms with Crippen molar-refractivity contribution in [3.05, 3.63) is 23.5 Å². The van der Waals surface area contributed by atoms with Gasteiger partial charge in [0.2, 0.25) is 0 Å². The highest BCUT2D eigenvalue weighted by molar-refractivity contribution is 5.98. The molecule has 6 heteroatoms. The lowest BCUT2D eigenvalue weighted by molar-refractivity contribution is 0.100. The van der Waals surface area contributed by atoms with Crippen molar-refractivity contribution in [1.29, 1.82) is 0 Å². The van der Waals surface area contributed by atoms with Gasteiger partial charge in [-0.05, 0) is 33.8 Å². The number of nitrogens with zero attached hydrogens (tertiary/aromatic N) is 1. The summed E-state index contributed by atoms with van der Waals surface area (Å²) >= 11 is 0. The number of hydrogen-bond acceptors (Lipinski definition) is 4. The van der Waals surface area contributed by atoms with Crippen LogP contribution in [-0.2, 0) is 0 Å². The fraction of sp³-hybridized carbons (Fsp3) is 0.533. The normalized spacial score (nSPS) is 11.4. The first-order valence-electron chi connectivity index (χ1n) is 7.01. The van der Waals surface area contributed by atoms with Crippen LogP contribution in [0, 0.1) is 5.82 Å². The Morgan fingerprint density at radius 1 is 1.29 bits per heavy atom. The van der Waals surface area contributed by atoms with Crippen LogP contribution in [0.5, 0.6) is 5.75 Å². The number of halogens is 1. The van der Waals surface area contributed by atoms with Gasteiger partial charge in [0.25, 0.3) is 5.91 Å². The van der Waals surface area contributed by atoms with E-state index >= 15 is 0 Å². The van der Waals surface area contributed by atoms with E-state index in [-0.39, 0.29) is 17.0 Å². The van der Waals surface area contributed by atoms with Crippen molar-refractivity contribution >= 4 is 11.6 Å². The Morgan fingerprint density at radius 2 is 1.86 bits per heavy atom. The maximum absolute atomic E-state index is 13.8. The van der Waals surface area contributed by atoms with Gasteiger partial charge in [0, 0.05) is 30.4 Å². The number of carbonyl (C=O) groups is 1. The Morgan fingerprint density at radius 3 is 2.33 bits per heavy atom. The lowest BCUT2D eigenvalue weighted by atomic mass is 10.1. The van der Waals surface area contributed by atoms with Gasteiger partial charge < -0.3 is 16.2 Å². The number of benzene rings is 1. The molecule has 0 heterocycles. The molecule has 0 saturated heterocycles. The number of nitrogen functional groups attached to an aromatic ring is 1. The number of anilines is 1. The Bertz CT molecular complexity index is 496. The number of rotatable bonds is 7. The van der Waals surface area contributed by atoms with Gasteiger partial charge in [0.1, 0.15) is 6.61 Å². The van der Waals surface area contributed by atoms with E-state index in [9.17, 15) is 9.18 Å². The molecule has 0 spiro atoms. The summed E-state index contributed by atoms with van der Waals surface area (Å²) in [5, 5.41) is 0. The quantitative estimate of drug-likeness (QED) is 0.754. The Labute approximate surface area is 125 Å². The van der Waals surface area contributed by atoms with E-state index in [1.807, 2.05) is 0 Å². The van der Waals surface area contributed by atoms with E-state index in [1.54, 1.807) is 0 Å². The number of primary amides is 1. The molecule has 21 heavy (non-hydrogen) atoms. The van der Waals surface area contributed by atoms with E-state index in [0.717, 1.165) is 6.07 Å². The fourth-order valence-corrected chi connectivity index (χ4v) is 2.27. The van der Waals surface area contributed by atoms with E-state index in [4.69, 9.17) is 16.2 Å². The molecule has 0 aliphatic heterocycles. The predicted molar refractivity (Wildman–Crippen MR) is 81.8 cm³/mol. The maximum atomic E-state index is 13.8. The Balaban J connectivity index is 2.75. The van der Waals surface area contributed by atoms with Crippen molar-refractivity contribution < 1.29 is 13.9 Å². The third-order valence-corrected chi connectivity index (χ3v) is 3.30. The Kier molecular flexibility index (Phi) is 5.96. The van der Waals surface area contributed by atoms with Crippen LogP contribution in [-0.4, -0.2) is 36.0 Å². The number of amides is 1. The molecule has 1 aromatic carbocycles. The molecule has 0 aromatic heterocycles. The summed E-state index contributed by atoms with van der Waals surface area (Å²) in [4.78, 5) is 13.4. The molecule has 1 amide bonds. The van der Waals surface area contributed by atoms with Crippen molar-refractivity contribution in [2.45, 2.75) is 39.8 Å². The van der Waals surface area contributed by atoms with E-state index < -0.39 is 11.7 Å². The summed E-state index contributed by atoms with van der Waals surface area (Å²) < 4.78 is 19.2. The SMILES string of the molecule is CC(C)N(CCOc1cc(C(N)=O)c(N)cc1F)C(C)C. The van der Waals surface area contributed by atoms with Gasteiger partial charge in [-0.25, -0.2) is 4.39 Å². The summed E-state index contributed by atoms with van der Waals surface area (Å²) in [7, 11) is 0. The second-order valence-electron chi connectivity index (χ2n) is 5.51. The average Bonchev–Trinajstić information content (AvgIpc) is 2.35. The van der Waals surface area contributed by atoms with Crippen LogP contribution < -0.4 is 16.2 Å². The minimum absolute atomic E-state index is 0.00883. The lowest BCUT2D eigenvalue weighted by Crippen LogP contribution is -2.39. The van der Waals surface area contributed by atoms with Crippen molar-refractivity contribution in [1.82, 2.24) is 4.90 Å². The molecule has 4 N–H and O–H groups in total. The van der Waals surface area contributed by atoms with Crippen LogP contribution in [0.4, 0.5) is 10.1 Å². The molecule has 0 unspecified atom stereocenters. The van der Waals surface area contributed by atoms with Crippen LogP contribution in [0.1, 0.15) is 38.1 Å². The molecular weight excluding hydrogens is 273 g/mol. The van der Waals surface area contributed by atoms with Gasteiger partial charge in [-0.1, -0.05) is 0 Å². The molecule has 0 saturated carbocycles. The van der Waals surface area contributed by atoms with Crippen LogP contribution in [0.2, 0.25) is 0 Å². The summed E-state index contributed by atoms with van der Waals surface area (Å²) in [5.41, 5.74) is 10.8. The first kappa shape index (κ1) is 17.2. The molecule has 5 nitrogen and oxygen atoms in total. The van der Waals surface area contributed by atoms with Gasteiger partial charge in [-0.3, -0.25) is 9.69 Å². The lowest BCUT2D eigenvalue weighted by Gasteiger charge is -2.30. The van der Waals surface area contributed by atoms with Crippen LogP contribution >= 0.6 is 0 Å². The van der Waals surface area contributed by atoms with E-state index in [0.29, 0.717) is 25.2 Å². The van der Waals surface area contributed by atoms with E-state index in [1.165, 1.54) is 6.07 Å². The average molecular weight is 297 g/mol. The standard InChI is InChI=1S/C15H24FN3O2/c1-9(2)19(10(3)4)5-6-21-14-7-11(15(18)20)13(17)8-12(14)16/h7-10H,5-6,17H2,1-4H3,(H2,18,20). The van der Waals surface area contributed by atoms with Crippen LogP contribution in [0.3, 0.4) is 0 Å². The van der Waals surface area contributed by atoms with Gasteiger partial charge in [-0.15, -0.1) is 0 Å². The largest absolute Gasteiger partial charge is 0.489 e. The minimum Gasteiger partial charge on any atom is -0.489 e. The molecule has 1 aromatic rings. The number of ether oxygens (including phenoxy) is 1. The highest BCUT2D eigenvalue weighted by Gasteiger charge is 2.15. The topological polar surface area (TPSA) is 81.6 Å². The Hall–Kier alpha value is -1.82. The second kappa shape index (κ2) is 7.26. The smallest absolute Gasteiger partial charge is 0.250 e. The molecule has 0 radical (unpaired) electrons.